The zero-order valence-corrected chi connectivity index (χ0v) is 12.0. The summed E-state index contributed by atoms with van der Waals surface area (Å²) >= 11 is 3.38. The number of hydrogen-bond acceptors (Lipinski definition) is 3. The molecule has 1 aromatic carbocycles. The van der Waals surface area contributed by atoms with Crippen LogP contribution in [0.4, 0.5) is 0 Å². The SMILES string of the molecule is C=CCNC(C)(C(=O)O)c1cc2cc(Br)ccc2o1. The van der Waals surface area contributed by atoms with Crippen molar-refractivity contribution in [2.24, 2.45) is 0 Å². The molecule has 0 aliphatic heterocycles. The van der Waals surface area contributed by atoms with Gasteiger partial charge in [0.2, 0.25) is 0 Å². The number of carboxylic acids is 1. The molecule has 1 heterocycles. The second kappa shape index (κ2) is 5.19. The van der Waals surface area contributed by atoms with Crippen LogP contribution < -0.4 is 5.32 Å². The molecule has 100 valence electrons. The van der Waals surface area contributed by atoms with Crippen LogP contribution in [0, 0.1) is 0 Å². The maximum atomic E-state index is 11.5. The van der Waals surface area contributed by atoms with Crippen molar-refractivity contribution in [3.63, 3.8) is 0 Å². The first-order valence-electron chi connectivity index (χ1n) is 5.76. The summed E-state index contributed by atoms with van der Waals surface area (Å²) in [5.41, 5.74) is -0.620. The molecule has 2 N–H and O–H groups in total. The molecule has 2 rings (SSSR count). The molecule has 5 heteroatoms. The molecule has 2 aromatic rings. The molecule has 0 aliphatic rings. The normalized spacial score (nSPS) is 14.2. The van der Waals surface area contributed by atoms with Gasteiger partial charge >= 0.3 is 5.97 Å². The molecular weight excluding hydrogens is 310 g/mol. The van der Waals surface area contributed by atoms with E-state index in [1.165, 1.54) is 0 Å². The number of carboxylic acid groups (broad SMARTS) is 1. The largest absolute Gasteiger partial charge is 0.480 e. The Labute approximate surface area is 119 Å². The number of furan rings is 1. The van der Waals surface area contributed by atoms with Gasteiger partial charge in [-0.2, -0.15) is 0 Å². The van der Waals surface area contributed by atoms with Gasteiger partial charge in [-0.05, 0) is 31.2 Å². The zero-order valence-electron chi connectivity index (χ0n) is 10.4. The molecule has 19 heavy (non-hydrogen) atoms. The Hall–Kier alpha value is -1.59. The standard InChI is InChI=1S/C14H14BrNO3/c1-3-6-16-14(2,13(17)18)12-8-9-7-10(15)4-5-11(9)19-12/h3-5,7-8,16H,1,6H2,2H3,(H,17,18). The smallest absolute Gasteiger partial charge is 0.331 e. The minimum absolute atomic E-state index is 0.370. The third-order valence-electron chi connectivity index (χ3n) is 3.00. The van der Waals surface area contributed by atoms with Gasteiger partial charge in [-0.15, -0.1) is 6.58 Å². The molecule has 0 aliphatic carbocycles. The first-order valence-corrected chi connectivity index (χ1v) is 6.55. The van der Waals surface area contributed by atoms with Crippen molar-refractivity contribution in [1.29, 1.82) is 0 Å². The van der Waals surface area contributed by atoms with Crippen molar-refractivity contribution in [3.8, 4) is 0 Å². The Balaban J connectivity index is 2.50. The summed E-state index contributed by atoms with van der Waals surface area (Å²) < 4.78 is 6.57. The van der Waals surface area contributed by atoms with Crippen LogP contribution in [-0.4, -0.2) is 17.6 Å². The van der Waals surface area contributed by atoms with Crippen LogP contribution in [0.2, 0.25) is 0 Å². The molecular formula is C14H14BrNO3. The van der Waals surface area contributed by atoms with Gasteiger partial charge in [0.1, 0.15) is 11.3 Å². The van der Waals surface area contributed by atoms with Crippen molar-refractivity contribution in [3.05, 3.63) is 47.2 Å². The molecule has 0 saturated carbocycles. The summed E-state index contributed by atoms with van der Waals surface area (Å²) in [6, 6.07) is 7.28. The first kappa shape index (κ1) is 13.8. The molecule has 0 bridgehead atoms. The van der Waals surface area contributed by atoms with Crippen LogP contribution in [-0.2, 0) is 10.3 Å². The number of hydrogen-bond donors (Lipinski definition) is 2. The predicted octanol–water partition coefficient (Wildman–Crippen LogP) is 3.27. The van der Waals surface area contributed by atoms with Gasteiger partial charge < -0.3 is 9.52 Å². The van der Waals surface area contributed by atoms with Gasteiger partial charge in [-0.1, -0.05) is 22.0 Å². The van der Waals surface area contributed by atoms with Crippen LogP contribution >= 0.6 is 15.9 Å². The van der Waals surface area contributed by atoms with Crippen molar-refractivity contribution in [2.75, 3.05) is 6.54 Å². The molecule has 0 fully saturated rings. The van der Waals surface area contributed by atoms with Crippen molar-refractivity contribution < 1.29 is 14.3 Å². The topological polar surface area (TPSA) is 62.5 Å². The number of rotatable bonds is 5. The molecule has 4 nitrogen and oxygen atoms in total. The first-order chi connectivity index (χ1) is 8.97. The summed E-state index contributed by atoms with van der Waals surface area (Å²) in [5, 5.41) is 13.2. The third-order valence-corrected chi connectivity index (χ3v) is 3.49. The summed E-state index contributed by atoms with van der Waals surface area (Å²) in [6.07, 6.45) is 1.61. The number of halogens is 1. The van der Waals surface area contributed by atoms with E-state index in [2.05, 4.69) is 27.8 Å². The molecule has 0 amide bonds. The monoisotopic (exact) mass is 323 g/mol. The summed E-state index contributed by atoms with van der Waals surface area (Å²) in [4.78, 5) is 11.5. The van der Waals surface area contributed by atoms with E-state index in [0.29, 0.717) is 17.9 Å². The third kappa shape index (κ3) is 2.57. The molecule has 0 saturated heterocycles. The van der Waals surface area contributed by atoms with E-state index < -0.39 is 11.5 Å². The Kier molecular flexibility index (Phi) is 3.78. The molecule has 0 radical (unpaired) electrons. The van der Waals surface area contributed by atoms with Crippen molar-refractivity contribution in [2.45, 2.75) is 12.5 Å². The highest BCUT2D eigenvalue weighted by Gasteiger charge is 2.37. The molecule has 1 aromatic heterocycles. The zero-order chi connectivity index (χ0) is 14.0. The number of benzene rings is 1. The highest BCUT2D eigenvalue weighted by atomic mass is 79.9. The average Bonchev–Trinajstić information content (AvgIpc) is 2.78. The lowest BCUT2D eigenvalue weighted by atomic mass is 9.99. The van der Waals surface area contributed by atoms with Gasteiger partial charge in [-0.3, -0.25) is 5.32 Å². The summed E-state index contributed by atoms with van der Waals surface area (Å²) in [6.45, 7) is 5.53. The fourth-order valence-electron chi connectivity index (χ4n) is 1.81. The van der Waals surface area contributed by atoms with Crippen LogP contribution in [0.25, 0.3) is 11.0 Å². The van der Waals surface area contributed by atoms with Crippen LogP contribution in [0.15, 0.2) is 45.8 Å². The second-order valence-corrected chi connectivity index (χ2v) is 5.31. The highest BCUT2D eigenvalue weighted by molar-refractivity contribution is 9.10. The summed E-state index contributed by atoms with van der Waals surface area (Å²) in [5.74, 6) is -0.623. The molecule has 1 atom stereocenters. The minimum atomic E-state index is -1.28. The maximum absolute atomic E-state index is 11.5. The van der Waals surface area contributed by atoms with E-state index in [0.717, 1.165) is 9.86 Å². The lowest BCUT2D eigenvalue weighted by Gasteiger charge is -2.23. The number of aliphatic carboxylic acids is 1. The lowest BCUT2D eigenvalue weighted by Crippen LogP contribution is -2.46. The summed E-state index contributed by atoms with van der Waals surface area (Å²) in [7, 11) is 0. The van der Waals surface area contributed by atoms with E-state index in [1.807, 2.05) is 12.1 Å². The Morgan fingerprint density at radius 2 is 2.32 bits per heavy atom. The van der Waals surface area contributed by atoms with Gasteiger partial charge in [0.25, 0.3) is 0 Å². The van der Waals surface area contributed by atoms with Gasteiger partial charge in [0.05, 0.1) is 0 Å². The Bertz CT molecular complexity index is 635. The average molecular weight is 324 g/mol. The van der Waals surface area contributed by atoms with Crippen LogP contribution in [0.5, 0.6) is 0 Å². The van der Waals surface area contributed by atoms with Crippen molar-refractivity contribution in [1.82, 2.24) is 5.32 Å². The second-order valence-electron chi connectivity index (χ2n) is 4.39. The maximum Gasteiger partial charge on any atom is 0.331 e. The molecule has 1 unspecified atom stereocenters. The van der Waals surface area contributed by atoms with Gasteiger partial charge in [-0.25, -0.2) is 4.79 Å². The fraction of sp³-hybridized carbons (Fsp3) is 0.214. The molecule has 0 spiro atoms. The fourth-order valence-corrected chi connectivity index (χ4v) is 2.18. The van der Waals surface area contributed by atoms with Crippen LogP contribution in [0.1, 0.15) is 12.7 Å². The van der Waals surface area contributed by atoms with Gasteiger partial charge in [0.15, 0.2) is 5.54 Å². The van der Waals surface area contributed by atoms with Gasteiger partial charge in [0, 0.05) is 16.4 Å². The van der Waals surface area contributed by atoms with E-state index >= 15 is 0 Å². The van der Waals surface area contributed by atoms with Crippen LogP contribution in [0.3, 0.4) is 0 Å². The quantitative estimate of drug-likeness (QED) is 0.829. The number of nitrogens with one attached hydrogen (secondary N) is 1. The highest BCUT2D eigenvalue weighted by Crippen LogP contribution is 2.30. The number of carbonyl (C=O) groups is 1. The predicted molar refractivity (Wildman–Crippen MR) is 77.1 cm³/mol. The van der Waals surface area contributed by atoms with E-state index in [1.54, 1.807) is 25.1 Å². The Morgan fingerprint density at radius 3 is 2.95 bits per heavy atom. The Morgan fingerprint density at radius 1 is 1.58 bits per heavy atom. The van der Waals surface area contributed by atoms with E-state index in [-0.39, 0.29) is 0 Å². The number of fused-ring (bicyclic) bond motifs is 1. The minimum Gasteiger partial charge on any atom is -0.480 e. The van der Waals surface area contributed by atoms with Crippen molar-refractivity contribution >= 4 is 32.9 Å². The lowest BCUT2D eigenvalue weighted by molar-refractivity contribution is -0.145. The van der Waals surface area contributed by atoms with E-state index in [9.17, 15) is 9.90 Å². The van der Waals surface area contributed by atoms with E-state index in [4.69, 9.17) is 4.42 Å².